The molecule has 0 aliphatic carbocycles. The molecule has 1 N–H and O–H groups in total. The van der Waals surface area contributed by atoms with Gasteiger partial charge in [-0.1, -0.05) is 18.2 Å². The molecule has 1 atom stereocenters. The Kier molecular flexibility index (Phi) is 4.10. The molecule has 1 aromatic carbocycles. The molecule has 0 unspecified atom stereocenters. The van der Waals surface area contributed by atoms with Crippen molar-refractivity contribution in [1.29, 1.82) is 0 Å². The first-order valence-corrected chi connectivity index (χ1v) is 9.07. The fourth-order valence-electron chi connectivity index (χ4n) is 2.12. The van der Waals surface area contributed by atoms with E-state index in [1.54, 1.807) is 30.0 Å². The van der Waals surface area contributed by atoms with Crippen LogP contribution < -0.4 is 4.72 Å². The minimum atomic E-state index is -3.46. The Morgan fingerprint density at radius 3 is 2.59 bits per heavy atom. The third-order valence-electron chi connectivity index (χ3n) is 3.29. The zero-order valence-electron chi connectivity index (χ0n) is 11.9. The van der Waals surface area contributed by atoms with Crippen LogP contribution in [-0.4, -0.2) is 18.0 Å². The second-order valence-corrected chi connectivity index (χ2v) is 7.73. The van der Waals surface area contributed by atoms with Gasteiger partial charge in [0, 0.05) is 24.1 Å². The van der Waals surface area contributed by atoms with Crippen molar-refractivity contribution >= 4 is 21.4 Å². The molecule has 0 aliphatic heterocycles. The Morgan fingerprint density at radius 2 is 2.00 bits per heavy atom. The summed E-state index contributed by atoms with van der Waals surface area (Å²) >= 11 is 1.21. The lowest BCUT2D eigenvalue weighted by molar-refractivity contribution is 0.569. The van der Waals surface area contributed by atoms with Gasteiger partial charge in [-0.05, 0) is 36.1 Å². The third-order valence-corrected chi connectivity index (χ3v) is 6.23. The predicted molar refractivity (Wildman–Crippen MR) is 86.6 cm³/mol. The molecule has 0 aliphatic rings. The Bertz CT molecular complexity index is 824. The number of thiophene rings is 1. The van der Waals surface area contributed by atoms with E-state index >= 15 is 0 Å². The molecule has 3 rings (SSSR count). The van der Waals surface area contributed by atoms with E-state index in [0.29, 0.717) is 4.21 Å². The Labute approximate surface area is 133 Å². The second-order valence-electron chi connectivity index (χ2n) is 4.84. The van der Waals surface area contributed by atoms with E-state index in [1.165, 1.54) is 11.3 Å². The number of aromatic nitrogens is 2. The number of nitrogens with zero attached hydrogens (tertiary/aromatic N) is 2. The van der Waals surface area contributed by atoms with Crippen LogP contribution in [0.15, 0.2) is 64.7 Å². The maximum Gasteiger partial charge on any atom is 0.250 e. The second kappa shape index (κ2) is 6.04. The van der Waals surface area contributed by atoms with Crippen molar-refractivity contribution in [3.8, 4) is 5.69 Å². The summed E-state index contributed by atoms with van der Waals surface area (Å²) in [7, 11) is -3.46. The molecular formula is C15H15N3O2S2. The number of hydrogen-bond donors (Lipinski definition) is 1. The van der Waals surface area contributed by atoms with Crippen molar-refractivity contribution in [2.75, 3.05) is 0 Å². The fourth-order valence-corrected chi connectivity index (χ4v) is 4.36. The van der Waals surface area contributed by atoms with E-state index in [1.807, 2.05) is 42.0 Å². The number of benzene rings is 1. The molecule has 0 radical (unpaired) electrons. The van der Waals surface area contributed by atoms with Gasteiger partial charge >= 0.3 is 0 Å². The lowest BCUT2D eigenvalue weighted by Crippen LogP contribution is -2.26. The predicted octanol–water partition coefficient (Wildman–Crippen LogP) is 2.97. The van der Waals surface area contributed by atoms with Crippen LogP contribution in [-0.2, 0) is 10.0 Å². The summed E-state index contributed by atoms with van der Waals surface area (Å²) in [6.07, 6.45) is 5.29. The molecule has 0 amide bonds. The van der Waals surface area contributed by atoms with Crippen LogP contribution in [0.25, 0.3) is 5.69 Å². The molecule has 2 heterocycles. The van der Waals surface area contributed by atoms with Gasteiger partial charge in [-0.25, -0.2) is 18.1 Å². The van der Waals surface area contributed by atoms with Gasteiger partial charge in [0.25, 0.3) is 10.0 Å². The van der Waals surface area contributed by atoms with E-state index in [2.05, 4.69) is 9.71 Å². The van der Waals surface area contributed by atoms with Crippen LogP contribution >= 0.6 is 11.3 Å². The van der Waals surface area contributed by atoms with Gasteiger partial charge < -0.3 is 4.57 Å². The molecule has 7 heteroatoms. The van der Waals surface area contributed by atoms with Crippen LogP contribution in [0.4, 0.5) is 0 Å². The largest absolute Gasteiger partial charge is 0.306 e. The highest BCUT2D eigenvalue weighted by Crippen LogP contribution is 2.21. The molecule has 22 heavy (non-hydrogen) atoms. The number of imidazole rings is 1. The lowest BCUT2D eigenvalue weighted by atomic mass is 10.1. The maximum absolute atomic E-state index is 12.2. The summed E-state index contributed by atoms with van der Waals surface area (Å²) in [4.78, 5) is 4.01. The molecule has 3 aromatic rings. The summed E-state index contributed by atoms with van der Waals surface area (Å²) in [5.74, 6) is 0. The first kappa shape index (κ1) is 15.0. The Morgan fingerprint density at radius 1 is 1.23 bits per heavy atom. The lowest BCUT2D eigenvalue weighted by Gasteiger charge is -2.14. The van der Waals surface area contributed by atoms with Crippen LogP contribution in [0.1, 0.15) is 18.5 Å². The van der Waals surface area contributed by atoms with Crippen molar-refractivity contribution in [3.05, 3.63) is 66.1 Å². The summed E-state index contributed by atoms with van der Waals surface area (Å²) < 4.78 is 29.3. The highest BCUT2D eigenvalue weighted by Gasteiger charge is 2.19. The zero-order chi connectivity index (χ0) is 15.6. The number of sulfonamides is 1. The molecular weight excluding hydrogens is 318 g/mol. The van der Waals surface area contributed by atoms with Gasteiger partial charge in [0.2, 0.25) is 0 Å². The highest BCUT2D eigenvalue weighted by atomic mass is 32.2. The van der Waals surface area contributed by atoms with Gasteiger partial charge in [0.15, 0.2) is 0 Å². The topological polar surface area (TPSA) is 64.0 Å². The molecule has 0 spiro atoms. The average molecular weight is 333 g/mol. The van der Waals surface area contributed by atoms with Crippen molar-refractivity contribution in [2.45, 2.75) is 17.2 Å². The summed E-state index contributed by atoms with van der Waals surface area (Å²) in [6, 6.07) is 10.7. The molecule has 0 fully saturated rings. The molecule has 0 saturated heterocycles. The molecule has 5 nitrogen and oxygen atoms in total. The first-order chi connectivity index (χ1) is 10.6. The van der Waals surface area contributed by atoms with E-state index in [-0.39, 0.29) is 6.04 Å². The van der Waals surface area contributed by atoms with Crippen molar-refractivity contribution < 1.29 is 8.42 Å². The Balaban J connectivity index is 1.77. The summed E-state index contributed by atoms with van der Waals surface area (Å²) in [6.45, 7) is 1.83. The average Bonchev–Trinajstić information content (AvgIpc) is 3.20. The highest BCUT2D eigenvalue weighted by molar-refractivity contribution is 7.91. The molecule has 2 aromatic heterocycles. The van der Waals surface area contributed by atoms with Gasteiger partial charge in [-0.3, -0.25) is 0 Å². The minimum Gasteiger partial charge on any atom is -0.306 e. The SMILES string of the molecule is C[C@@H](NS(=O)(=O)c1cccs1)c1ccc(-n2ccnc2)cc1. The Hall–Kier alpha value is -1.96. The van der Waals surface area contributed by atoms with Crippen LogP contribution in [0.5, 0.6) is 0 Å². The van der Waals surface area contributed by atoms with Crippen molar-refractivity contribution in [3.63, 3.8) is 0 Å². The summed E-state index contributed by atoms with van der Waals surface area (Å²) in [5, 5.41) is 1.75. The zero-order valence-corrected chi connectivity index (χ0v) is 13.5. The summed E-state index contributed by atoms with van der Waals surface area (Å²) in [5.41, 5.74) is 1.89. The number of nitrogens with one attached hydrogen (secondary N) is 1. The smallest absolute Gasteiger partial charge is 0.250 e. The quantitative estimate of drug-likeness (QED) is 0.781. The van der Waals surface area contributed by atoms with E-state index < -0.39 is 10.0 Å². The third kappa shape index (κ3) is 3.11. The van der Waals surface area contributed by atoms with Gasteiger partial charge in [-0.2, -0.15) is 0 Å². The molecule has 114 valence electrons. The first-order valence-electron chi connectivity index (χ1n) is 6.70. The monoisotopic (exact) mass is 333 g/mol. The van der Waals surface area contributed by atoms with Gasteiger partial charge in [-0.15, -0.1) is 11.3 Å². The minimum absolute atomic E-state index is 0.302. The van der Waals surface area contributed by atoms with Crippen LogP contribution in [0, 0.1) is 0 Å². The van der Waals surface area contributed by atoms with Crippen molar-refractivity contribution in [2.24, 2.45) is 0 Å². The fraction of sp³-hybridized carbons (Fsp3) is 0.133. The standard InChI is InChI=1S/C15H15N3O2S2/c1-12(17-22(19,20)15-3-2-10-21-15)13-4-6-14(7-5-13)18-9-8-16-11-18/h2-12,17H,1H3/t12-/m1/s1. The normalized spacial score (nSPS) is 13.1. The van der Waals surface area contributed by atoms with Gasteiger partial charge in [0.05, 0.1) is 6.33 Å². The molecule has 0 saturated carbocycles. The van der Waals surface area contributed by atoms with Crippen LogP contribution in [0.3, 0.4) is 0 Å². The number of hydrogen-bond acceptors (Lipinski definition) is 4. The molecule has 0 bridgehead atoms. The van der Waals surface area contributed by atoms with Gasteiger partial charge in [0.1, 0.15) is 4.21 Å². The van der Waals surface area contributed by atoms with E-state index in [4.69, 9.17) is 0 Å². The van der Waals surface area contributed by atoms with Crippen molar-refractivity contribution in [1.82, 2.24) is 14.3 Å². The van der Waals surface area contributed by atoms with E-state index in [9.17, 15) is 8.42 Å². The number of rotatable bonds is 5. The maximum atomic E-state index is 12.2. The van der Waals surface area contributed by atoms with Crippen LogP contribution in [0.2, 0.25) is 0 Å². The van der Waals surface area contributed by atoms with E-state index in [0.717, 1.165) is 11.3 Å².